The van der Waals surface area contributed by atoms with Gasteiger partial charge in [0, 0.05) is 5.56 Å². The third kappa shape index (κ3) is 1.72. The molecule has 0 unspecified atom stereocenters. The van der Waals surface area contributed by atoms with Crippen LogP contribution in [0.15, 0.2) is 30.3 Å². The summed E-state index contributed by atoms with van der Waals surface area (Å²) in [5, 5.41) is 0. The van der Waals surface area contributed by atoms with E-state index in [2.05, 4.69) is 47.0 Å². The van der Waals surface area contributed by atoms with E-state index in [0.717, 1.165) is 16.9 Å². The van der Waals surface area contributed by atoms with Crippen molar-refractivity contribution in [1.29, 1.82) is 0 Å². The normalized spacial score (nSPS) is 11.0. The third-order valence-electron chi connectivity index (χ3n) is 3.02. The van der Waals surface area contributed by atoms with Crippen LogP contribution in [-0.2, 0) is 0 Å². The topological polar surface area (TPSA) is 67.6 Å². The fourth-order valence-electron chi connectivity index (χ4n) is 2.03. The summed E-state index contributed by atoms with van der Waals surface area (Å²) >= 11 is 0. The molecule has 0 bridgehead atoms. The van der Waals surface area contributed by atoms with Crippen LogP contribution in [0.5, 0.6) is 0 Å². The van der Waals surface area contributed by atoms with Crippen molar-refractivity contribution in [1.82, 2.24) is 15.0 Å². The van der Waals surface area contributed by atoms with Crippen LogP contribution in [0.2, 0.25) is 0 Å². The monoisotopic (exact) mass is 238 g/mol. The molecule has 2 heterocycles. The van der Waals surface area contributed by atoms with Crippen molar-refractivity contribution in [3.8, 4) is 11.4 Å². The molecule has 90 valence electrons. The Kier molecular flexibility index (Phi) is 2.30. The number of hydrogen-bond acceptors (Lipinski definition) is 3. The molecule has 3 aromatic rings. The predicted octanol–water partition coefficient (Wildman–Crippen LogP) is 2.82. The van der Waals surface area contributed by atoms with Gasteiger partial charge in [-0.3, -0.25) is 0 Å². The molecule has 0 aliphatic heterocycles. The molecule has 0 atom stereocenters. The Balaban J connectivity index is 2.22. The van der Waals surface area contributed by atoms with Gasteiger partial charge in [-0.2, -0.15) is 0 Å². The first-order valence-electron chi connectivity index (χ1n) is 5.83. The minimum Gasteiger partial charge on any atom is -0.384 e. The van der Waals surface area contributed by atoms with Gasteiger partial charge in [0.05, 0.1) is 5.52 Å². The average Bonchev–Trinajstić information content (AvgIpc) is 2.74. The number of benzene rings is 1. The smallest absolute Gasteiger partial charge is 0.180 e. The number of nitrogens with two attached hydrogens (primary N) is 1. The quantitative estimate of drug-likeness (QED) is 0.685. The highest BCUT2D eigenvalue weighted by Crippen LogP contribution is 2.24. The Bertz CT molecular complexity index is 728. The van der Waals surface area contributed by atoms with Crippen LogP contribution in [0.4, 0.5) is 5.82 Å². The van der Waals surface area contributed by atoms with Gasteiger partial charge < -0.3 is 10.7 Å². The van der Waals surface area contributed by atoms with E-state index < -0.39 is 0 Å². The number of fused-ring (bicyclic) bond motifs is 1. The lowest BCUT2D eigenvalue weighted by Crippen LogP contribution is -1.88. The van der Waals surface area contributed by atoms with Crippen LogP contribution in [0.1, 0.15) is 11.1 Å². The number of nitrogens with zero attached hydrogens (tertiary/aromatic N) is 2. The second-order valence-corrected chi connectivity index (χ2v) is 4.51. The molecule has 18 heavy (non-hydrogen) atoms. The fourth-order valence-corrected chi connectivity index (χ4v) is 2.03. The Labute approximate surface area is 105 Å². The minimum atomic E-state index is 0.488. The lowest BCUT2D eigenvalue weighted by Gasteiger charge is -2.03. The van der Waals surface area contributed by atoms with Gasteiger partial charge >= 0.3 is 0 Å². The first kappa shape index (κ1) is 10.8. The number of rotatable bonds is 1. The Morgan fingerprint density at radius 1 is 1.06 bits per heavy atom. The maximum atomic E-state index is 5.66. The zero-order valence-corrected chi connectivity index (χ0v) is 10.4. The Hall–Kier alpha value is -2.36. The van der Waals surface area contributed by atoms with Crippen molar-refractivity contribution >= 4 is 17.0 Å². The Morgan fingerprint density at radius 3 is 2.72 bits per heavy atom. The summed E-state index contributed by atoms with van der Waals surface area (Å²) in [6.45, 7) is 4.14. The summed E-state index contributed by atoms with van der Waals surface area (Å²) in [6, 6.07) is 9.99. The van der Waals surface area contributed by atoms with Crippen LogP contribution >= 0.6 is 0 Å². The summed E-state index contributed by atoms with van der Waals surface area (Å²) in [4.78, 5) is 12.0. The van der Waals surface area contributed by atoms with Gasteiger partial charge in [-0.1, -0.05) is 17.7 Å². The lowest BCUT2D eigenvalue weighted by molar-refractivity contribution is 1.27. The highest BCUT2D eigenvalue weighted by molar-refractivity contribution is 5.78. The molecular formula is C14H14N4. The molecule has 0 fully saturated rings. The van der Waals surface area contributed by atoms with E-state index in [-0.39, 0.29) is 0 Å². The molecule has 1 aromatic carbocycles. The van der Waals surface area contributed by atoms with E-state index in [1.165, 1.54) is 11.1 Å². The SMILES string of the molecule is Cc1ccc(C)c(-c2nc3nc(N)ccc3[nH]2)c1. The summed E-state index contributed by atoms with van der Waals surface area (Å²) < 4.78 is 0. The van der Waals surface area contributed by atoms with Gasteiger partial charge in [-0.05, 0) is 37.6 Å². The highest BCUT2D eigenvalue weighted by Gasteiger charge is 2.09. The van der Waals surface area contributed by atoms with E-state index in [0.29, 0.717) is 11.5 Å². The number of anilines is 1. The second-order valence-electron chi connectivity index (χ2n) is 4.51. The molecule has 0 aliphatic carbocycles. The summed E-state index contributed by atoms with van der Waals surface area (Å²) in [6.07, 6.45) is 0. The number of aromatic amines is 1. The number of nitrogen functional groups attached to an aromatic ring is 1. The summed E-state index contributed by atoms with van der Waals surface area (Å²) in [5.74, 6) is 1.32. The molecule has 0 amide bonds. The van der Waals surface area contributed by atoms with Crippen molar-refractivity contribution in [2.45, 2.75) is 13.8 Å². The summed E-state index contributed by atoms with van der Waals surface area (Å²) in [7, 11) is 0. The molecular weight excluding hydrogens is 224 g/mol. The van der Waals surface area contributed by atoms with Crippen molar-refractivity contribution in [3.63, 3.8) is 0 Å². The molecule has 4 heteroatoms. The van der Waals surface area contributed by atoms with E-state index >= 15 is 0 Å². The third-order valence-corrected chi connectivity index (χ3v) is 3.02. The molecule has 4 nitrogen and oxygen atoms in total. The largest absolute Gasteiger partial charge is 0.384 e. The van der Waals surface area contributed by atoms with Gasteiger partial charge in [0.1, 0.15) is 11.6 Å². The number of nitrogens with one attached hydrogen (secondary N) is 1. The minimum absolute atomic E-state index is 0.488. The number of aryl methyl sites for hydroxylation is 2. The zero-order chi connectivity index (χ0) is 12.7. The molecule has 0 saturated heterocycles. The van der Waals surface area contributed by atoms with Gasteiger partial charge in [-0.25, -0.2) is 9.97 Å². The van der Waals surface area contributed by atoms with Gasteiger partial charge in [0.2, 0.25) is 0 Å². The van der Waals surface area contributed by atoms with Crippen LogP contribution < -0.4 is 5.73 Å². The molecule has 0 aliphatic rings. The summed E-state index contributed by atoms with van der Waals surface area (Å²) in [5.41, 5.74) is 10.7. The van der Waals surface area contributed by atoms with Crippen LogP contribution in [-0.4, -0.2) is 15.0 Å². The number of hydrogen-bond donors (Lipinski definition) is 2. The maximum Gasteiger partial charge on any atom is 0.180 e. The van der Waals surface area contributed by atoms with E-state index in [1.807, 2.05) is 6.07 Å². The average molecular weight is 238 g/mol. The molecule has 0 radical (unpaired) electrons. The van der Waals surface area contributed by atoms with Crippen LogP contribution in [0.3, 0.4) is 0 Å². The first-order chi connectivity index (χ1) is 8.63. The number of imidazole rings is 1. The van der Waals surface area contributed by atoms with Gasteiger partial charge in [0.15, 0.2) is 5.65 Å². The standard InChI is InChI=1S/C14H14N4/c1-8-3-4-9(2)10(7-8)13-16-11-5-6-12(15)17-14(11)18-13/h3-7H,1-2H3,(H3,15,16,17,18). The predicted molar refractivity (Wildman–Crippen MR) is 73.2 cm³/mol. The zero-order valence-electron chi connectivity index (χ0n) is 10.4. The second kappa shape index (κ2) is 3.84. The molecule has 2 aromatic heterocycles. The van der Waals surface area contributed by atoms with E-state index in [4.69, 9.17) is 5.73 Å². The molecule has 0 spiro atoms. The van der Waals surface area contributed by atoms with Gasteiger partial charge in [0.25, 0.3) is 0 Å². The maximum absolute atomic E-state index is 5.66. The number of H-pyrrole nitrogens is 1. The molecule has 3 rings (SSSR count). The van der Waals surface area contributed by atoms with Crippen LogP contribution in [0.25, 0.3) is 22.6 Å². The first-order valence-corrected chi connectivity index (χ1v) is 5.83. The van der Waals surface area contributed by atoms with Crippen molar-refractivity contribution in [3.05, 3.63) is 41.5 Å². The highest BCUT2D eigenvalue weighted by atomic mass is 15.0. The van der Waals surface area contributed by atoms with Crippen molar-refractivity contribution in [2.24, 2.45) is 0 Å². The van der Waals surface area contributed by atoms with E-state index in [9.17, 15) is 0 Å². The van der Waals surface area contributed by atoms with Crippen molar-refractivity contribution < 1.29 is 0 Å². The number of pyridine rings is 1. The number of aromatic nitrogens is 3. The van der Waals surface area contributed by atoms with Crippen LogP contribution in [0, 0.1) is 13.8 Å². The lowest BCUT2D eigenvalue weighted by atomic mass is 10.1. The molecule has 3 N–H and O–H groups in total. The molecule has 0 saturated carbocycles. The Morgan fingerprint density at radius 2 is 1.89 bits per heavy atom. The van der Waals surface area contributed by atoms with E-state index in [1.54, 1.807) is 6.07 Å². The van der Waals surface area contributed by atoms with Crippen molar-refractivity contribution in [2.75, 3.05) is 5.73 Å². The van der Waals surface area contributed by atoms with Gasteiger partial charge in [-0.15, -0.1) is 0 Å². The fraction of sp³-hybridized carbons (Fsp3) is 0.143.